The van der Waals surface area contributed by atoms with Crippen LogP contribution in [0.2, 0.25) is 0 Å². The number of nitrogens with one attached hydrogen (secondary N) is 2. The smallest absolute Gasteiger partial charge is 0.191 e. The summed E-state index contributed by atoms with van der Waals surface area (Å²) in [6, 6.07) is 8.67. The Morgan fingerprint density at radius 2 is 2.00 bits per heavy atom. The molecule has 0 aromatic heterocycles. The average Bonchev–Trinajstić information content (AvgIpc) is 2.69. The van der Waals surface area contributed by atoms with Crippen LogP contribution in [0.15, 0.2) is 29.3 Å². The first kappa shape index (κ1) is 26.0. The highest BCUT2D eigenvalue weighted by atomic mass is 127. The lowest BCUT2D eigenvalue weighted by Crippen LogP contribution is -2.42. The number of likely N-dealkylation sites (tertiary alicyclic amines) is 1. The molecule has 0 atom stereocenters. The quantitative estimate of drug-likeness (QED) is 0.193. The minimum Gasteiger partial charge on any atom is -0.393 e. The third-order valence-corrected chi connectivity index (χ3v) is 5.23. The van der Waals surface area contributed by atoms with Crippen molar-refractivity contribution in [1.82, 2.24) is 15.5 Å². The summed E-state index contributed by atoms with van der Waals surface area (Å²) < 4.78 is 0. The molecular formula is C22H40IN5O. The van der Waals surface area contributed by atoms with E-state index in [4.69, 9.17) is 4.99 Å². The SMILES string of the molecule is CCNC(=NCCCN1CCC(O)CC1)NCCN(CC)c1cccc(C)c1.I. The van der Waals surface area contributed by atoms with Gasteiger partial charge in [-0.15, -0.1) is 24.0 Å². The zero-order chi connectivity index (χ0) is 20.2. The lowest BCUT2D eigenvalue weighted by Gasteiger charge is -2.29. The van der Waals surface area contributed by atoms with Crippen LogP contribution in [-0.4, -0.2) is 74.4 Å². The van der Waals surface area contributed by atoms with E-state index in [1.165, 1.54) is 11.3 Å². The van der Waals surface area contributed by atoms with Crippen LogP contribution in [0.25, 0.3) is 0 Å². The first-order valence-corrected chi connectivity index (χ1v) is 10.9. The highest BCUT2D eigenvalue weighted by Crippen LogP contribution is 2.15. The maximum atomic E-state index is 9.59. The largest absolute Gasteiger partial charge is 0.393 e. The van der Waals surface area contributed by atoms with Crippen LogP contribution in [0.5, 0.6) is 0 Å². The summed E-state index contributed by atoms with van der Waals surface area (Å²) in [5.41, 5.74) is 2.57. The van der Waals surface area contributed by atoms with Gasteiger partial charge in [-0.1, -0.05) is 12.1 Å². The number of aryl methyl sites for hydroxylation is 1. The molecule has 0 unspecified atom stereocenters. The Hall–Kier alpha value is -1.06. The summed E-state index contributed by atoms with van der Waals surface area (Å²) in [6.07, 6.45) is 2.77. The molecule has 1 aromatic carbocycles. The minimum absolute atomic E-state index is 0. The fraction of sp³-hybridized carbons (Fsp3) is 0.682. The predicted octanol–water partition coefficient (Wildman–Crippen LogP) is 2.84. The van der Waals surface area contributed by atoms with Gasteiger partial charge in [0.1, 0.15) is 0 Å². The Balaban J connectivity index is 0.00000420. The molecule has 3 N–H and O–H groups in total. The summed E-state index contributed by atoms with van der Waals surface area (Å²) in [4.78, 5) is 9.54. The van der Waals surface area contributed by atoms with Crippen LogP contribution in [-0.2, 0) is 0 Å². The molecule has 2 rings (SSSR count). The number of hydrogen-bond acceptors (Lipinski definition) is 4. The van der Waals surface area contributed by atoms with Gasteiger partial charge in [-0.3, -0.25) is 4.99 Å². The standard InChI is InChI=1S/C22H39N5O.HI/c1-4-23-22(24-12-7-14-26-15-10-21(28)11-16-26)25-13-17-27(5-2)20-9-6-8-19(3)18-20;/h6,8-9,18,21,28H,4-5,7,10-17H2,1-3H3,(H2,23,24,25);1H. The Kier molecular flexibility index (Phi) is 13.3. The van der Waals surface area contributed by atoms with Crippen LogP contribution in [0, 0.1) is 6.92 Å². The molecule has 0 radical (unpaired) electrons. The van der Waals surface area contributed by atoms with Gasteiger partial charge in [0.25, 0.3) is 0 Å². The highest BCUT2D eigenvalue weighted by molar-refractivity contribution is 14.0. The number of aliphatic imine (C=N–C) groups is 1. The van der Waals surface area contributed by atoms with Gasteiger partial charge >= 0.3 is 0 Å². The fourth-order valence-electron chi connectivity index (χ4n) is 3.57. The molecule has 1 saturated heterocycles. The monoisotopic (exact) mass is 517 g/mol. The molecule has 0 aliphatic carbocycles. The van der Waals surface area contributed by atoms with Gasteiger partial charge in [-0.2, -0.15) is 0 Å². The summed E-state index contributed by atoms with van der Waals surface area (Å²) in [5.74, 6) is 0.900. The highest BCUT2D eigenvalue weighted by Gasteiger charge is 2.15. The minimum atomic E-state index is -0.0960. The molecule has 29 heavy (non-hydrogen) atoms. The van der Waals surface area contributed by atoms with E-state index in [0.29, 0.717) is 0 Å². The number of benzene rings is 1. The fourth-order valence-corrected chi connectivity index (χ4v) is 3.57. The van der Waals surface area contributed by atoms with Crippen molar-refractivity contribution in [3.63, 3.8) is 0 Å². The van der Waals surface area contributed by atoms with Crippen molar-refractivity contribution in [2.75, 3.05) is 57.3 Å². The van der Waals surface area contributed by atoms with E-state index in [0.717, 1.165) is 77.6 Å². The van der Waals surface area contributed by atoms with Crippen molar-refractivity contribution in [1.29, 1.82) is 0 Å². The molecular weight excluding hydrogens is 477 g/mol. The van der Waals surface area contributed by atoms with E-state index in [9.17, 15) is 5.11 Å². The van der Waals surface area contributed by atoms with E-state index in [1.807, 2.05) is 0 Å². The van der Waals surface area contributed by atoms with Gasteiger partial charge in [0.15, 0.2) is 5.96 Å². The Labute approximate surface area is 194 Å². The summed E-state index contributed by atoms with van der Waals surface area (Å²) >= 11 is 0. The molecule has 166 valence electrons. The van der Waals surface area contributed by atoms with Crippen LogP contribution < -0.4 is 15.5 Å². The number of aliphatic hydroxyl groups excluding tert-OH is 1. The number of likely N-dealkylation sites (N-methyl/N-ethyl adjacent to an activating group) is 1. The van der Waals surface area contributed by atoms with E-state index in [-0.39, 0.29) is 30.1 Å². The first-order chi connectivity index (χ1) is 13.6. The summed E-state index contributed by atoms with van der Waals surface area (Å²) in [5, 5.41) is 16.4. The number of rotatable bonds is 10. The second-order valence-corrected chi connectivity index (χ2v) is 7.53. The van der Waals surface area contributed by atoms with Gasteiger partial charge in [-0.25, -0.2) is 0 Å². The maximum absolute atomic E-state index is 9.59. The number of halogens is 1. The van der Waals surface area contributed by atoms with Gasteiger partial charge < -0.3 is 25.5 Å². The molecule has 1 aliphatic rings. The van der Waals surface area contributed by atoms with E-state index >= 15 is 0 Å². The van der Waals surface area contributed by atoms with E-state index in [2.05, 4.69) is 65.5 Å². The average molecular weight is 518 g/mol. The number of hydrogen-bond donors (Lipinski definition) is 3. The van der Waals surface area contributed by atoms with Crippen LogP contribution in [0.3, 0.4) is 0 Å². The lowest BCUT2D eigenvalue weighted by atomic mass is 10.1. The molecule has 1 aliphatic heterocycles. The molecule has 1 aromatic rings. The zero-order valence-electron chi connectivity index (χ0n) is 18.4. The number of guanidine groups is 1. The molecule has 0 saturated carbocycles. The number of nitrogens with zero attached hydrogens (tertiary/aromatic N) is 3. The third-order valence-electron chi connectivity index (χ3n) is 5.23. The Bertz CT molecular complexity index is 590. The lowest BCUT2D eigenvalue weighted by molar-refractivity contribution is 0.0824. The summed E-state index contributed by atoms with van der Waals surface area (Å²) in [7, 11) is 0. The van der Waals surface area contributed by atoms with Gasteiger partial charge in [0.2, 0.25) is 0 Å². The van der Waals surface area contributed by atoms with Crippen molar-refractivity contribution in [2.45, 2.75) is 46.1 Å². The third kappa shape index (κ3) is 10.00. The molecule has 1 fully saturated rings. The topological polar surface area (TPSA) is 63.1 Å². The van der Waals surface area contributed by atoms with E-state index in [1.54, 1.807) is 0 Å². The molecule has 1 heterocycles. The van der Waals surface area contributed by atoms with Gasteiger partial charge in [0.05, 0.1) is 6.10 Å². The molecule has 0 bridgehead atoms. The molecule has 0 amide bonds. The Morgan fingerprint density at radius 1 is 1.24 bits per heavy atom. The predicted molar refractivity (Wildman–Crippen MR) is 135 cm³/mol. The van der Waals surface area contributed by atoms with Gasteiger partial charge in [-0.05, 0) is 64.3 Å². The second kappa shape index (κ2) is 14.8. The van der Waals surface area contributed by atoms with Crippen molar-refractivity contribution >= 4 is 35.6 Å². The molecule has 7 heteroatoms. The molecule has 6 nitrogen and oxygen atoms in total. The molecule has 0 spiro atoms. The van der Waals surface area contributed by atoms with Crippen molar-refractivity contribution in [2.24, 2.45) is 4.99 Å². The van der Waals surface area contributed by atoms with Crippen molar-refractivity contribution in [3.8, 4) is 0 Å². The van der Waals surface area contributed by atoms with Crippen LogP contribution >= 0.6 is 24.0 Å². The van der Waals surface area contributed by atoms with Crippen LogP contribution in [0.4, 0.5) is 5.69 Å². The van der Waals surface area contributed by atoms with E-state index < -0.39 is 0 Å². The first-order valence-electron chi connectivity index (χ1n) is 10.9. The maximum Gasteiger partial charge on any atom is 0.191 e. The number of piperidine rings is 1. The zero-order valence-corrected chi connectivity index (χ0v) is 20.7. The second-order valence-electron chi connectivity index (χ2n) is 7.53. The van der Waals surface area contributed by atoms with Crippen molar-refractivity contribution < 1.29 is 5.11 Å². The number of anilines is 1. The Morgan fingerprint density at radius 3 is 2.66 bits per heavy atom. The van der Waals surface area contributed by atoms with Crippen molar-refractivity contribution in [3.05, 3.63) is 29.8 Å². The normalized spacial score (nSPS) is 15.7. The van der Waals surface area contributed by atoms with Gasteiger partial charge in [0, 0.05) is 51.5 Å². The van der Waals surface area contributed by atoms with Crippen LogP contribution in [0.1, 0.15) is 38.7 Å². The number of aliphatic hydroxyl groups is 1. The summed E-state index contributed by atoms with van der Waals surface area (Å²) in [6.45, 7) is 14.0.